The van der Waals surface area contributed by atoms with Crippen molar-refractivity contribution < 1.29 is 13.5 Å². The van der Waals surface area contributed by atoms with Crippen molar-refractivity contribution in [3.05, 3.63) is 29.8 Å². The van der Waals surface area contributed by atoms with Crippen LogP contribution in [0.1, 0.15) is 38.7 Å². The van der Waals surface area contributed by atoms with Crippen LogP contribution in [0, 0.1) is 0 Å². The maximum atomic E-state index is 12.1. The molecule has 18 heavy (non-hydrogen) atoms. The largest absolute Gasteiger partial charge is 0.508 e. The second kappa shape index (κ2) is 4.57. The predicted molar refractivity (Wildman–Crippen MR) is 72.6 cm³/mol. The van der Waals surface area contributed by atoms with Crippen LogP contribution in [-0.2, 0) is 15.3 Å². The summed E-state index contributed by atoms with van der Waals surface area (Å²) >= 11 is 0. The number of hydrogen-bond donors (Lipinski definition) is 1. The van der Waals surface area contributed by atoms with Gasteiger partial charge in [-0.05, 0) is 32.8 Å². The minimum absolute atomic E-state index is 0.148. The molecule has 0 spiro atoms. The SMILES string of the molecule is CC(C)S(=O)(=O)CC1(c2ccccc2O)CCC1. The molecule has 100 valence electrons. The fourth-order valence-corrected chi connectivity index (χ4v) is 4.12. The molecule has 1 aliphatic rings. The number of hydrogen-bond acceptors (Lipinski definition) is 3. The van der Waals surface area contributed by atoms with Gasteiger partial charge < -0.3 is 5.11 Å². The summed E-state index contributed by atoms with van der Waals surface area (Å²) in [5, 5.41) is 9.59. The molecular formula is C14H20O3S. The van der Waals surface area contributed by atoms with Gasteiger partial charge in [-0.2, -0.15) is 0 Å². The molecule has 0 amide bonds. The first kappa shape index (κ1) is 13.4. The van der Waals surface area contributed by atoms with Crippen molar-refractivity contribution in [3.8, 4) is 5.75 Å². The number of aromatic hydroxyl groups is 1. The molecule has 0 heterocycles. The molecule has 1 aromatic carbocycles. The molecule has 0 bridgehead atoms. The van der Waals surface area contributed by atoms with E-state index in [-0.39, 0.29) is 22.2 Å². The maximum absolute atomic E-state index is 12.1. The normalized spacial score (nSPS) is 18.6. The summed E-state index contributed by atoms with van der Waals surface area (Å²) in [6, 6.07) is 7.11. The van der Waals surface area contributed by atoms with E-state index in [4.69, 9.17) is 0 Å². The zero-order valence-corrected chi connectivity index (χ0v) is 11.7. The molecule has 0 aromatic heterocycles. The molecule has 0 radical (unpaired) electrons. The highest BCUT2D eigenvalue weighted by Crippen LogP contribution is 2.48. The van der Waals surface area contributed by atoms with Crippen molar-refractivity contribution >= 4 is 9.84 Å². The van der Waals surface area contributed by atoms with E-state index in [0.29, 0.717) is 0 Å². The predicted octanol–water partition coefficient (Wildman–Crippen LogP) is 2.64. The lowest BCUT2D eigenvalue weighted by Crippen LogP contribution is -2.42. The van der Waals surface area contributed by atoms with Crippen LogP contribution in [0.5, 0.6) is 5.75 Å². The molecule has 2 rings (SSSR count). The monoisotopic (exact) mass is 268 g/mol. The molecule has 0 saturated heterocycles. The summed E-state index contributed by atoms with van der Waals surface area (Å²) in [6.07, 6.45) is 2.72. The van der Waals surface area contributed by atoms with Crippen LogP contribution in [0.2, 0.25) is 0 Å². The van der Waals surface area contributed by atoms with E-state index in [1.54, 1.807) is 26.0 Å². The van der Waals surface area contributed by atoms with Crippen molar-refractivity contribution in [1.82, 2.24) is 0 Å². The van der Waals surface area contributed by atoms with E-state index in [1.165, 1.54) is 0 Å². The standard InChI is InChI=1S/C14H20O3S/c1-11(2)18(16,17)10-14(8-5-9-14)12-6-3-4-7-13(12)15/h3-4,6-7,11,15H,5,8-10H2,1-2H3. The second-order valence-electron chi connectivity index (χ2n) is 5.51. The molecule has 1 aromatic rings. The second-order valence-corrected chi connectivity index (χ2v) is 8.06. The van der Waals surface area contributed by atoms with Crippen LogP contribution in [-0.4, -0.2) is 24.5 Å². The Balaban J connectivity index is 2.36. The number of phenolic OH excluding ortho intramolecular Hbond substituents is 1. The molecular weight excluding hydrogens is 248 g/mol. The Bertz CT molecular complexity index is 528. The van der Waals surface area contributed by atoms with Crippen LogP contribution in [0.3, 0.4) is 0 Å². The van der Waals surface area contributed by atoms with Crippen molar-refractivity contribution in [2.45, 2.75) is 43.8 Å². The van der Waals surface area contributed by atoms with E-state index in [2.05, 4.69) is 0 Å². The summed E-state index contributed by atoms with van der Waals surface area (Å²) in [5.74, 6) is 0.367. The molecule has 1 N–H and O–H groups in total. The van der Waals surface area contributed by atoms with Gasteiger partial charge in [0.15, 0.2) is 9.84 Å². The highest BCUT2D eigenvalue weighted by Gasteiger charge is 2.44. The topological polar surface area (TPSA) is 54.4 Å². The fraction of sp³-hybridized carbons (Fsp3) is 0.571. The minimum Gasteiger partial charge on any atom is -0.508 e. The lowest BCUT2D eigenvalue weighted by Gasteiger charge is -2.42. The summed E-state index contributed by atoms with van der Waals surface area (Å²) in [7, 11) is -3.09. The van der Waals surface area contributed by atoms with Crippen molar-refractivity contribution in [1.29, 1.82) is 0 Å². The minimum atomic E-state index is -3.09. The van der Waals surface area contributed by atoms with Crippen LogP contribution in [0.25, 0.3) is 0 Å². The van der Waals surface area contributed by atoms with Crippen LogP contribution >= 0.6 is 0 Å². The zero-order chi connectivity index (χ0) is 13.4. The quantitative estimate of drug-likeness (QED) is 0.913. The maximum Gasteiger partial charge on any atom is 0.153 e. The third kappa shape index (κ3) is 2.26. The first-order valence-corrected chi connectivity index (χ1v) is 8.09. The molecule has 4 heteroatoms. The summed E-state index contributed by atoms with van der Waals surface area (Å²) in [6.45, 7) is 3.43. The van der Waals surface area contributed by atoms with Gasteiger partial charge in [-0.15, -0.1) is 0 Å². The van der Waals surface area contributed by atoms with Gasteiger partial charge >= 0.3 is 0 Å². The van der Waals surface area contributed by atoms with E-state index >= 15 is 0 Å². The van der Waals surface area contributed by atoms with Gasteiger partial charge in [0, 0.05) is 11.0 Å². The van der Waals surface area contributed by atoms with Crippen LogP contribution in [0.4, 0.5) is 0 Å². The zero-order valence-electron chi connectivity index (χ0n) is 10.9. The Morgan fingerprint density at radius 1 is 1.28 bits per heavy atom. The molecule has 1 aliphatic carbocycles. The summed E-state index contributed by atoms with van der Waals surface area (Å²) in [5.41, 5.74) is 0.425. The third-order valence-corrected chi connectivity index (χ3v) is 6.37. The van der Waals surface area contributed by atoms with Crippen molar-refractivity contribution in [2.75, 3.05) is 5.75 Å². The molecule has 3 nitrogen and oxygen atoms in total. The average molecular weight is 268 g/mol. The number of benzene rings is 1. The third-order valence-electron chi connectivity index (χ3n) is 3.98. The van der Waals surface area contributed by atoms with Crippen molar-refractivity contribution in [3.63, 3.8) is 0 Å². The molecule has 1 fully saturated rings. The van der Waals surface area contributed by atoms with Crippen molar-refractivity contribution in [2.24, 2.45) is 0 Å². The van der Waals surface area contributed by atoms with Gasteiger partial charge in [-0.1, -0.05) is 24.6 Å². The van der Waals surface area contributed by atoms with Gasteiger partial charge in [0.05, 0.1) is 11.0 Å². The van der Waals surface area contributed by atoms with Crippen LogP contribution in [0.15, 0.2) is 24.3 Å². The smallest absolute Gasteiger partial charge is 0.153 e. The summed E-state index contributed by atoms with van der Waals surface area (Å²) in [4.78, 5) is 0. The summed E-state index contributed by atoms with van der Waals surface area (Å²) < 4.78 is 24.3. The van der Waals surface area contributed by atoms with Gasteiger partial charge in [-0.3, -0.25) is 0 Å². The Kier molecular flexibility index (Phi) is 3.41. The molecule has 0 atom stereocenters. The van der Waals surface area contributed by atoms with Gasteiger partial charge in [-0.25, -0.2) is 8.42 Å². The first-order valence-electron chi connectivity index (χ1n) is 6.37. The Morgan fingerprint density at radius 3 is 2.33 bits per heavy atom. The number of phenols is 1. The van der Waals surface area contributed by atoms with Gasteiger partial charge in [0.25, 0.3) is 0 Å². The van der Waals surface area contributed by atoms with Gasteiger partial charge in [0.2, 0.25) is 0 Å². The number of sulfone groups is 1. The Hall–Kier alpha value is -1.03. The van der Waals surface area contributed by atoms with Gasteiger partial charge in [0.1, 0.15) is 5.75 Å². The lowest BCUT2D eigenvalue weighted by atomic mass is 9.65. The Morgan fingerprint density at radius 2 is 1.89 bits per heavy atom. The van der Waals surface area contributed by atoms with E-state index < -0.39 is 9.84 Å². The van der Waals surface area contributed by atoms with E-state index in [1.807, 2.05) is 12.1 Å². The van der Waals surface area contributed by atoms with Crippen LogP contribution < -0.4 is 0 Å². The van der Waals surface area contributed by atoms with E-state index in [0.717, 1.165) is 24.8 Å². The molecule has 0 aliphatic heterocycles. The fourth-order valence-electron chi connectivity index (χ4n) is 2.57. The first-order chi connectivity index (χ1) is 8.37. The van der Waals surface area contributed by atoms with E-state index in [9.17, 15) is 13.5 Å². The number of rotatable bonds is 4. The molecule has 1 saturated carbocycles. The lowest BCUT2D eigenvalue weighted by molar-refractivity contribution is 0.265. The highest BCUT2D eigenvalue weighted by molar-refractivity contribution is 7.92. The number of para-hydroxylation sites is 1. The average Bonchev–Trinajstić information content (AvgIpc) is 2.24. The highest BCUT2D eigenvalue weighted by atomic mass is 32.2. The Labute approximate surface area is 109 Å². The molecule has 0 unspecified atom stereocenters.